The van der Waals surface area contributed by atoms with Gasteiger partial charge in [0.1, 0.15) is 16.5 Å². The summed E-state index contributed by atoms with van der Waals surface area (Å²) in [5.41, 5.74) is 6.00. The highest BCUT2D eigenvalue weighted by atomic mass is 32.1. The van der Waals surface area contributed by atoms with E-state index < -0.39 is 0 Å². The molecule has 0 radical (unpaired) electrons. The van der Waals surface area contributed by atoms with Crippen LogP contribution in [0.25, 0.3) is 0 Å². The zero-order chi connectivity index (χ0) is 13.1. The van der Waals surface area contributed by atoms with Crippen molar-refractivity contribution in [1.29, 1.82) is 0 Å². The third-order valence-corrected chi connectivity index (χ3v) is 3.65. The summed E-state index contributed by atoms with van der Waals surface area (Å²) in [6, 6.07) is 0.115. The van der Waals surface area contributed by atoms with Crippen molar-refractivity contribution in [2.45, 2.75) is 37.8 Å². The molecule has 0 saturated heterocycles. The number of rotatable bonds is 3. The molecule has 0 aliphatic heterocycles. The minimum absolute atomic E-state index is 0.115. The number of thiocarbonyl (C=S) groups is 1. The van der Waals surface area contributed by atoms with E-state index in [0.29, 0.717) is 5.69 Å². The van der Waals surface area contributed by atoms with Crippen LogP contribution in [0.5, 0.6) is 0 Å². The second kappa shape index (κ2) is 5.58. The first-order valence-corrected chi connectivity index (χ1v) is 6.53. The normalized spacial score (nSPS) is 23.7. The fraction of sp³-hybridized carbons (Fsp3) is 0.583. The lowest BCUT2D eigenvalue weighted by Crippen LogP contribution is -2.43. The van der Waals surface area contributed by atoms with Gasteiger partial charge in [0.15, 0.2) is 0 Å². The van der Waals surface area contributed by atoms with Gasteiger partial charge in [0, 0.05) is 7.05 Å². The van der Waals surface area contributed by atoms with Crippen LogP contribution in [-0.4, -0.2) is 39.3 Å². The molecule has 0 spiro atoms. The number of nitrogens with two attached hydrogens (primary N) is 1. The number of aliphatic hydroxyl groups excluding tert-OH is 1. The SMILES string of the molecule is CN(c1cnc(C(N)=S)cn1)C1CCCCC1O. The van der Waals surface area contributed by atoms with Crippen molar-refractivity contribution >= 4 is 23.0 Å². The molecule has 6 heteroatoms. The first-order chi connectivity index (χ1) is 8.59. The molecular formula is C12H18N4OS. The molecule has 2 unspecified atom stereocenters. The molecule has 1 aromatic heterocycles. The van der Waals surface area contributed by atoms with Crippen molar-refractivity contribution in [3.05, 3.63) is 18.1 Å². The molecule has 3 N–H and O–H groups in total. The molecule has 1 fully saturated rings. The number of hydrogen-bond donors (Lipinski definition) is 2. The lowest BCUT2D eigenvalue weighted by atomic mass is 9.92. The van der Waals surface area contributed by atoms with E-state index in [-0.39, 0.29) is 17.1 Å². The van der Waals surface area contributed by atoms with Crippen LogP contribution in [0.4, 0.5) is 5.82 Å². The maximum Gasteiger partial charge on any atom is 0.147 e. The van der Waals surface area contributed by atoms with E-state index in [1.807, 2.05) is 11.9 Å². The zero-order valence-corrected chi connectivity index (χ0v) is 11.2. The van der Waals surface area contributed by atoms with Crippen LogP contribution >= 0.6 is 12.2 Å². The van der Waals surface area contributed by atoms with Gasteiger partial charge in [0.25, 0.3) is 0 Å². The van der Waals surface area contributed by atoms with E-state index in [1.54, 1.807) is 12.4 Å². The van der Waals surface area contributed by atoms with Crippen molar-refractivity contribution in [2.24, 2.45) is 5.73 Å². The largest absolute Gasteiger partial charge is 0.391 e. The van der Waals surface area contributed by atoms with Crippen molar-refractivity contribution < 1.29 is 5.11 Å². The first-order valence-electron chi connectivity index (χ1n) is 6.12. The molecule has 1 saturated carbocycles. The van der Waals surface area contributed by atoms with E-state index in [4.69, 9.17) is 18.0 Å². The summed E-state index contributed by atoms with van der Waals surface area (Å²) >= 11 is 4.84. The highest BCUT2D eigenvalue weighted by molar-refractivity contribution is 7.80. The number of hydrogen-bond acceptors (Lipinski definition) is 5. The smallest absolute Gasteiger partial charge is 0.147 e. The van der Waals surface area contributed by atoms with E-state index in [9.17, 15) is 5.11 Å². The van der Waals surface area contributed by atoms with Gasteiger partial charge in [0.05, 0.1) is 24.5 Å². The molecule has 1 aromatic rings. The predicted molar refractivity (Wildman–Crippen MR) is 74.6 cm³/mol. The van der Waals surface area contributed by atoms with Gasteiger partial charge in [-0.05, 0) is 12.8 Å². The molecule has 5 nitrogen and oxygen atoms in total. The average Bonchev–Trinajstić information content (AvgIpc) is 2.38. The molecular weight excluding hydrogens is 248 g/mol. The Bertz CT molecular complexity index is 423. The van der Waals surface area contributed by atoms with Crippen LogP contribution in [0.15, 0.2) is 12.4 Å². The third-order valence-electron chi connectivity index (χ3n) is 3.44. The molecule has 2 rings (SSSR count). The summed E-state index contributed by atoms with van der Waals surface area (Å²) < 4.78 is 0. The Morgan fingerprint density at radius 1 is 1.39 bits per heavy atom. The Morgan fingerprint density at radius 3 is 2.67 bits per heavy atom. The molecule has 0 amide bonds. The fourth-order valence-corrected chi connectivity index (χ4v) is 2.45. The average molecular weight is 266 g/mol. The minimum Gasteiger partial charge on any atom is -0.391 e. The second-order valence-electron chi connectivity index (χ2n) is 4.65. The number of anilines is 1. The Labute approximate surface area is 112 Å². The number of aliphatic hydroxyl groups is 1. The Kier molecular flexibility index (Phi) is 4.08. The zero-order valence-electron chi connectivity index (χ0n) is 10.4. The van der Waals surface area contributed by atoms with Gasteiger partial charge >= 0.3 is 0 Å². The highest BCUT2D eigenvalue weighted by Crippen LogP contribution is 2.25. The van der Waals surface area contributed by atoms with Gasteiger partial charge in [-0.25, -0.2) is 9.97 Å². The van der Waals surface area contributed by atoms with E-state index in [1.165, 1.54) is 0 Å². The van der Waals surface area contributed by atoms with Gasteiger partial charge in [0.2, 0.25) is 0 Å². The number of likely N-dealkylation sites (N-methyl/N-ethyl adjacent to an activating group) is 1. The maximum absolute atomic E-state index is 10.0. The molecule has 18 heavy (non-hydrogen) atoms. The Hall–Kier alpha value is -1.27. The van der Waals surface area contributed by atoms with Crippen molar-refractivity contribution in [3.63, 3.8) is 0 Å². The van der Waals surface area contributed by atoms with Gasteiger partial charge in [-0.1, -0.05) is 25.1 Å². The third kappa shape index (κ3) is 2.76. The van der Waals surface area contributed by atoms with Gasteiger partial charge in [-0.15, -0.1) is 0 Å². The molecule has 2 atom stereocenters. The quantitative estimate of drug-likeness (QED) is 0.790. The standard InChI is InChI=1S/C12H18N4OS/c1-16(9-4-2-3-5-10(9)17)11-7-14-8(6-15-11)12(13)18/h6-7,9-10,17H,2-5H2,1H3,(H2,13,18). The summed E-state index contributed by atoms with van der Waals surface area (Å²) in [5, 5.41) is 10.0. The van der Waals surface area contributed by atoms with Crippen LogP contribution in [0.1, 0.15) is 31.4 Å². The first kappa shape index (κ1) is 13.2. The van der Waals surface area contributed by atoms with Crippen LogP contribution in [0, 0.1) is 0 Å². The summed E-state index contributed by atoms with van der Waals surface area (Å²) in [6.07, 6.45) is 7.01. The minimum atomic E-state index is -0.291. The van der Waals surface area contributed by atoms with Crippen molar-refractivity contribution in [2.75, 3.05) is 11.9 Å². The monoisotopic (exact) mass is 266 g/mol. The molecule has 1 heterocycles. The predicted octanol–water partition coefficient (Wildman–Crippen LogP) is 0.850. The van der Waals surface area contributed by atoms with Crippen LogP contribution in [0.2, 0.25) is 0 Å². The van der Waals surface area contributed by atoms with Crippen molar-refractivity contribution in [1.82, 2.24) is 9.97 Å². The van der Waals surface area contributed by atoms with Crippen LogP contribution < -0.4 is 10.6 Å². The molecule has 0 bridgehead atoms. The van der Waals surface area contributed by atoms with E-state index in [2.05, 4.69) is 9.97 Å². The molecule has 0 aromatic carbocycles. The maximum atomic E-state index is 10.0. The van der Waals surface area contributed by atoms with Crippen LogP contribution in [-0.2, 0) is 0 Å². The van der Waals surface area contributed by atoms with E-state index in [0.717, 1.165) is 31.5 Å². The topological polar surface area (TPSA) is 75.3 Å². The summed E-state index contributed by atoms with van der Waals surface area (Å²) in [5.74, 6) is 0.737. The lowest BCUT2D eigenvalue weighted by molar-refractivity contribution is 0.106. The lowest BCUT2D eigenvalue weighted by Gasteiger charge is -2.35. The molecule has 98 valence electrons. The van der Waals surface area contributed by atoms with E-state index >= 15 is 0 Å². The Morgan fingerprint density at radius 2 is 2.11 bits per heavy atom. The summed E-state index contributed by atoms with van der Waals surface area (Å²) in [4.78, 5) is 10.7. The number of aromatic nitrogens is 2. The van der Waals surface area contributed by atoms with Gasteiger partial charge in [-0.3, -0.25) is 0 Å². The second-order valence-corrected chi connectivity index (χ2v) is 5.09. The van der Waals surface area contributed by atoms with Gasteiger partial charge in [-0.2, -0.15) is 0 Å². The molecule has 1 aliphatic carbocycles. The fourth-order valence-electron chi connectivity index (χ4n) is 2.34. The van der Waals surface area contributed by atoms with Crippen LogP contribution in [0.3, 0.4) is 0 Å². The summed E-state index contributed by atoms with van der Waals surface area (Å²) in [7, 11) is 1.93. The van der Waals surface area contributed by atoms with Crippen molar-refractivity contribution in [3.8, 4) is 0 Å². The number of nitrogens with zero attached hydrogens (tertiary/aromatic N) is 3. The van der Waals surface area contributed by atoms with Gasteiger partial charge < -0.3 is 15.7 Å². The highest BCUT2D eigenvalue weighted by Gasteiger charge is 2.27. The summed E-state index contributed by atoms with van der Waals surface area (Å²) in [6.45, 7) is 0. The molecule has 1 aliphatic rings. The Balaban J connectivity index is 2.12.